The third-order valence-corrected chi connectivity index (χ3v) is 4.89. The third-order valence-electron chi connectivity index (χ3n) is 4.89. The Kier molecular flexibility index (Phi) is 5.02. The summed E-state index contributed by atoms with van der Waals surface area (Å²) in [6.45, 7) is 4.38. The van der Waals surface area contributed by atoms with Crippen LogP contribution in [0.3, 0.4) is 0 Å². The van der Waals surface area contributed by atoms with E-state index in [4.69, 9.17) is 4.74 Å². The number of imide groups is 1. The molecule has 2 aliphatic rings. The molecule has 1 heterocycles. The van der Waals surface area contributed by atoms with Gasteiger partial charge in [0.2, 0.25) is 11.8 Å². The van der Waals surface area contributed by atoms with E-state index in [1.165, 1.54) is 4.90 Å². The Morgan fingerprint density at radius 2 is 2.00 bits per heavy atom. The first kappa shape index (κ1) is 17.4. The number of fused-ring (bicyclic) bond motifs is 1. The van der Waals surface area contributed by atoms with Gasteiger partial charge in [-0.25, -0.2) is 4.79 Å². The molecule has 2 amide bonds. The number of anilines is 1. The molecule has 1 aliphatic carbocycles. The van der Waals surface area contributed by atoms with Crippen LogP contribution < -0.4 is 4.90 Å². The Balaban J connectivity index is 1.80. The van der Waals surface area contributed by atoms with Crippen LogP contribution in [-0.4, -0.2) is 24.4 Å². The van der Waals surface area contributed by atoms with Gasteiger partial charge in [-0.1, -0.05) is 31.1 Å². The summed E-state index contributed by atoms with van der Waals surface area (Å²) in [5.41, 5.74) is 1.96. The summed E-state index contributed by atoms with van der Waals surface area (Å²) in [7, 11) is 0. The van der Waals surface area contributed by atoms with Gasteiger partial charge in [0.1, 0.15) is 0 Å². The van der Waals surface area contributed by atoms with Gasteiger partial charge in [-0.2, -0.15) is 0 Å². The van der Waals surface area contributed by atoms with E-state index < -0.39 is 5.97 Å². The molecule has 25 heavy (non-hydrogen) atoms. The zero-order valence-corrected chi connectivity index (χ0v) is 14.7. The van der Waals surface area contributed by atoms with Gasteiger partial charge in [0.05, 0.1) is 29.7 Å². The largest absolute Gasteiger partial charge is 0.462 e. The van der Waals surface area contributed by atoms with Gasteiger partial charge in [-0.3, -0.25) is 14.5 Å². The maximum Gasteiger partial charge on any atom is 0.338 e. The van der Waals surface area contributed by atoms with Crippen molar-refractivity contribution in [3.63, 3.8) is 0 Å². The zero-order chi connectivity index (χ0) is 18.0. The molecule has 132 valence electrons. The van der Waals surface area contributed by atoms with Crippen LogP contribution in [0.4, 0.5) is 5.69 Å². The van der Waals surface area contributed by atoms with Crippen molar-refractivity contribution in [2.75, 3.05) is 11.5 Å². The molecule has 2 unspecified atom stereocenters. The van der Waals surface area contributed by atoms with Crippen molar-refractivity contribution in [1.29, 1.82) is 0 Å². The molecule has 1 saturated heterocycles. The molecule has 3 rings (SSSR count). The normalized spacial score (nSPS) is 22.6. The van der Waals surface area contributed by atoms with E-state index in [0.717, 1.165) is 18.4 Å². The van der Waals surface area contributed by atoms with Crippen molar-refractivity contribution >= 4 is 23.5 Å². The highest BCUT2D eigenvalue weighted by molar-refractivity contribution is 6.22. The van der Waals surface area contributed by atoms with E-state index in [0.29, 0.717) is 30.7 Å². The van der Waals surface area contributed by atoms with Crippen molar-refractivity contribution in [2.45, 2.75) is 39.5 Å². The number of hydrogen-bond donors (Lipinski definition) is 0. The SMILES string of the molecule is CCCCOC(=O)c1cccc(N2C(=O)C3CC=C(C)CC3C2=O)c1. The van der Waals surface area contributed by atoms with E-state index >= 15 is 0 Å². The summed E-state index contributed by atoms with van der Waals surface area (Å²) in [5.74, 6) is -1.33. The number of amides is 2. The molecule has 1 aromatic carbocycles. The molecular weight excluding hydrogens is 318 g/mol. The van der Waals surface area contributed by atoms with Gasteiger partial charge >= 0.3 is 5.97 Å². The number of esters is 1. The number of ether oxygens (including phenoxy) is 1. The highest BCUT2D eigenvalue weighted by atomic mass is 16.5. The summed E-state index contributed by atoms with van der Waals surface area (Å²) >= 11 is 0. The summed E-state index contributed by atoms with van der Waals surface area (Å²) in [4.78, 5) is 38.8. The number of hydrogen-bond acceptors (Lipinski definition) is 4. The molecule has 1 aliphatic heterocycles. The van der Waals surface area contributed by atoms with Crippen LogP contribution in [0.15, 0.2) is 35.9 Å². The fourth-order valence-corrected chi connectivity index (χ4v) is 3.46. The highest BCUT2D eigenvalue weighted by Gasteiger charge is 2.48. The van der Waals surface area contributed by atoms with Gasteiger partial charge in [-0.15, -0.1) is 0 Å². The number of unbranched alkanes of at least 4 members (excludes halogenated alkanes) is 1. The van der Waals surface area contributed by atoms with Crippen LogP contribution in [0.5, 0.6) is 0 Å². The molecule has 1 aromatic rings. The first-order chi connectivity index (χ1) is 12.0. The molecule has 5 heteroatoms. The number of nitrogens with zero attached hydrogens (tertiary/aromatic N) is 1. The van der Waals surface area contributed by atoms with Crippen molar-refractivity contribution in [1.82, 2.24) is 0 Å². The molecule has 0 spiro atoms. The molecule has 0 saturated carbocycles. The average Bonchev–Trinajstić information content (AvgIpc) is 2.85. The minimum Gasteiger partial charge on any atom is -0.462 e. The number of carbonyl (C=O) groups excluding carboxylic acids is 3. The van der Waals surface area contributed by atoms with E-state index in [1.807, 2.05) is 19.9 Å². The molecule has 5 nitrogen and oxygen atoms in total. The Hall–Kier alpha value is -2.43. The summed E-state index contributed by atoms with van der Waals surface area (Å²) < 4.78 is 5.21. The molecule has 0 aromatic heterocycles. The molecule has 0 N–H and O–H groups in total. The summed E-state index contributed by atoms with van der Waals surface area (Å²) in [6.07, 6.45) is 5.03. The van der Waals surface area contributed by atoms with Gasteiger partial charge < -0.3 is 4.74 Å². The Morgan fingerprint density at radius 3 is 2.76 bits per heavy atom. The number of carbonyl (C=O) groups is 3. The van der Waals surface area contributed by atoms with Gasteiger partial charge in [0, 0.05) is 0 Å². The number of allylic oxidation sites excluding steroid dienone is 2. The van der Waals surface area contributed by atoms with Gasteiger partial charge in [0.25, 0.3) is 0 Å². The van der Waals surface area contributed by atoms with E-state index in [-0.39, 0.29) is 23.7 Å². The first-order valence-electron chi connectivity index (χ1n) is 8.83. The van der Waals surface area contributed by atoms with E-state index in [9.17, 15) is 14.4 Å². The van der Waals surface area contributed by atoms with E-state index in [1.54, 1.807) is 24.3 Å². The van der Waals surface area contributed by atoms with Crippen molar-refractivity contribution in [3.05, 3.63) is 41.5 Å². The average molecular weight is 341 g/mol. The van der Waals surface area contributed by atoms with Crippen molar-refractivity contribution in [2.24, 2.45) is 11.8 Å². The fourth-order valence-electron chi connectivity index (χ4n) is 3.46. The minimum atomic E-state index is -0.427. The third kappa shape index (κ3) is 3.36. The van der Waals surface area contributed by atoms with Crippen LogP contribution in [0.2, 0.25) is 0 Å². The fraction of sp³-hybridized carbons (Fsp3) is 0.450. The lowest BCUT2D eigenvalue weighted by Gasteiger charge is -2.18. The van der Waals surface area contributed by atoms with Crippen molar-refractivity contribution in [3.8, 4) is 0 Å². The lowest BCUT2D eigenvalue weighted by molar-refractivity contribution is -0.122. The predicted molar refractivity (Wildman–Crippen MR) is 94.1 cm³/mol. The number of rotatable bonds is 5. The second kappa shape index (κ2) is 7.21. The highest BCUT2D eigenvalue weighted by Crippen LogP contribution is 2.39. The zero-order valence-electron chi connectivity index (χ0n) is 14.7. The molecule has 0 radical (unpaired) electrons. The smallest absolute Gasteiger partial charge is 0.338 e. The Bertz CT molecular complexity index is 737. The second-order valence-electron chi connectivity index (χ2n) is 6.75. The second-order valence-corrected chi connectivity index (χ2v) is 6.75. The first-order valence-corrected chi connectivity index (χ1v) is 8.83. The summed E-state index contributed by atoms with van der Waals surface area (Å²) in [6, 6.07) is 6.58. The minimum absolute atomic E-state index is 0.168. The van der Waals surface area contributed by atoms with Crippen molar-refractivity contribution < 1.29 is 19.1 Å². The summed E-state index contributed by atoms with van der Waals surface area (Å²) in [5, 5.41) is 0. The topological polar surface area (TPSA) is 63.7 Å². The molecule has 0 bridgehead atoms. The van der Waals surface area contributed by atoms with Gasteiger partial charge in [-0.05, 0) is 44.4 Å². The van der Waals surface area contributed by atoms with Gasteiger partial charge in [0.15, 0.2) is 0 Å². The standard InChI is InChI=1S/C20H23NO4/c1-3-4-10-25-20(24)14-6-5-7-15(12-14)21-18(22)16-9-8-13(2)11-17(16)19(21)23/h5-8,12,16-17H,3-4,9-11H2,1-2H3. The van der Waals surface area contributed by atoms with Crippen LogP contribution in [0.1, 0.15) is 49.9 Å². The van der Waals surface area contributed by atoms with Crippen LogP contribution in [0, 0.1) is 11.8 Å². The maximum atomic E-state index is 12.7. The maximum absolute atomic E-state index is 12.7. The molecule has 2 atom stereocenters. The van der Waals surface area contributed by atoms with Crippen LogP contribution in [0.25, 0.3) is 0 Å². The predicted octanol–water partition coefficient (Wildman–Crippen LogP) is 3.49. The Morgan fingerprint density at radius 1 is 1.24 bits per heavy atom. The van der Waals surface area contributed by atoms with Crippen LogP contribution >= 0.6 is 0 Å². The number of benzene rings is 1. The molecule has 1 fully saturated rings. The quantitative estimate of drug-likeness (QED) is 0.356. The van der Waals surface area contributed by atoms with Crippen LogP contribution in [-0.2, 0) is 14.3 Å². The monoisotopic (exact) mass is 341 g/mol. The lowest BCUT2D eigenvalue weighted by Crippen LogP contribution is -2.31. The Labute approximate surface area is 147 Å². The molecular formula is C20H23NO4. The lowest BCUT2D eigenvalue weighted by atomic mass is 9.82. The van der Waals surface area contributed by atoms with E-state index in [2.05, 4.69) is 0 Å².